The number of halogens is 5. The molecule has 2 N–H and O–H groups in total. The first-order valence-corrected chi connectivity index (χ1v) is 10.4. The molecule has 1 amide bonds. The lowest BCUT2D eigenvalue weighted by Gasteiger charge is -2.30. The van der Waals surface area contributed by atoms with Crippen LogP contribution in [-0.4, -0.2) is 35.5 Å². The predicted octanol–water partition coefficient (Wildman–Crippen LogP) is 3.19. The Kier molecular flexibility index (Phi) is 5.85. The minimum absolute atomic E-state index is 0.232. The third-order valence-electron chi connectivity index (χ3n) is 6.24. The van der Waals surface area contributed by atoms with E-state index in [4.69, 9.17) is 9.47 Å². The van der Waals surface area contributed by atoms with Crippen molar-refractivity contribution in [1.82, 2.24) is 5.32 Å². The van der Waals surface area contributed by atoms with Crippen LogP contribution in [0.1, 0.15) is 35.3 Å². The fraction of sp³-hybridized carbons (Fsp3) is 0.250. The van der Waals surface area contributed by atoms with Gasteiger partial charge in [-0.2, -0.15) is 8.78 Å². The van der Waals surface area contributed by atoms with Crippen LogP contribution >= 0.6 is 0 Å². The van der Waals surface area contributed by atoms with E-state index < -0.39 is 92.0 Å². The molecule has 2 aliphatic rings. The maximum atomic E-state index is 14.8. The van der Waals surface area contributed by atoms with Gasteiger partial charge in [0.05, 0.1) is 18.2 Å². The number of aromatic hydroxyl groups is 1. The summed E-state index contributed by atoms with van der Waals surface area (Å²) in [5.41, 5.74) is -4.85. The molecule has 0 saturated heterocycles. The van der Waals surface area contributed by atoms with Crippen molar-refractivity contribution < 1.29 is 55.7 Å². The van der Waals surface area contributed by atoms with Gasteiger partial charge in [0, 0.05) is 12.1 Å². The third-order valence-corrected chi connectivity index (χ3v) is 6.24. The summed E-state index contributed by atoms with van der Waals surface area (Å²) in [4.78, 5) is 50.6. The van der Waals surface area contributed by atoms with E-state index in [1.807, 2.05) is 0 Å². The van der Waals surface area contributed by atoms with Crippen molar-refractivity contribution >= 4 is 23.3 Å². The summed E-state index contributed by atoms with van der Waals surface area (Å²) < 4.78 is 80.9. The topological polar surface area (TPSA) is 119 Å². The number of ether oxygens (including phenoxy) is 2. The molecule has 13 heteroatoms. The largest absolute Gasteiger partial charge is 0.507 e. The van der Waals surface area contributed by atoms with Gasteiger partial charge in [0.1, 0.15) is 39.9 Å². The van der Waals surface area contributed by atoms with Crippen LogP contribution in [0, 0.1) is 23.4 Å². The maximum absolute atomic E-state index is 14.8. The Hall–Kier alpha value is -4.29. The fourth-order valence-electron chi connectivity index (χ4n) is 4.39. The van der Waals surface area contributed by atoms with Crippen molar-refractivity contribution in [2.45, 2.75) is 25.3 Å². The molecule has 0 bridgehead atoms. The van der Waals surface area contributed by atoms with Crippen molar-refractivity contribution in [2.75, 3.05) is 7.11 Å². The molecule has 1 heterocycles. The quantitative estimate of drug-likeness (QED) is 0.266. The summed E-state index contributed by atoms with van der Waals surface area (Å²) in [7, 11) is 1.01. The molecule has 0 saturated carbocycles. The number of nitrogens with one attached hydrogen (secondary N) is 1. The lowest BCUT2D eigenvalue weighted by Crippen LogP contribution is -2.47. The molecule has 194 valence electrons. The maximum Gasteiger partial charge on any atom is 0.355 e. The van der Waals surface area contributed by atoms with E-state index in [0.717, 1.165) is 26.2 Å². The molecule has 0 radical (unpaired) electrons. The van der Waals surface area contributed by atoms with Gasteiger partial charge in [0.2, 0.25) is 0 Å². The summed E-state index contributed by atoms with van der Waals surface area (Å²) in [6, 6.07) is -3.31. The number of fused-ring (bicyclic) bond motifs is 3. The Morgan fingerprint density at radius 1 is 1.16 bits per heavy atom. The van der Waals surface area contributed by atoms with Gasteiger partial charge in [-0.1, -0.05) is 0 Å². The minimum atomic E-state index is -4.59. The van der Waals surface area contributed by atoms with E-state index in [2.05, 4.69) is 0 Å². The Bertz CT molecular complexity index is 1450. The van der Waals surface area contributed by atoms with Gasteiger partial charge in [-0.3, -0.25) is 24.5 Å². The number of benzene rings is 2. The summed E-state index contributed by atoms with van der Waals surface area (Å²) >= 11 is 0. The number of rotatable bonds is 5. The first-order chi connectivity index (χ1) is 17.2. The van der Waals surface area contributed by atoms with Gasteiger partial charge in [-0.05, 0) is 26.0 Å². The normalized spacial score (nSPS) is 20.5. The van der Waals surface area contributed by atoms with Crippen LogP contribution in [-0.2, 0) is 25.8 Å². The van der Waals surface area contributed by atoms with E-state index in [-0.39, 0.29) is 17.9 Å². The molecule has 2 aromatic rings. The Morgan fingerprint density at radius 2 is 1.81 bits per heavy atom. The van der Waals surface area contributed by atoms with E-state index in [1.165, 1.54) is 12.2 Å². The van der Waals surface area contributed by atoms with Crippen molar-refractivity contribution in [2.24, 2.45) is 5.92 Å². The highest BCUT2D eigenvalue weighted by Crippen LogP contribution is 2.56. The molecule has 2 aromatic carbocycles. The number of phenols is 1. The molecule has 2 atom stereocenters. The van der Waals surface area contributed by atoms with Crippen molar-refractivity contribution in [3.63, 3.8) is 0 Å². The number of carbonyl (C=O) groups excluding carboxylic acids is 4. The van der Waals surface area contributed by atoms with Crippen LogP contribution in [0.15, 0.2) is 30.0 Å². The van der Waals surface area contributed by atoms with Gasteiger partial charge in [0.25, 0.3) is 5.91 Å². The van der Waals surface area contributed by atoms with Crippen molar-refractivity contribution in [3.8, 4) is 17.2 Å². The highest BCUT2D eigenvalue weighted by Gasteiger charge is 2.58. The van der Waals surface area contributed by atoms with E-state index in [1.54, 1.807) is 0 Å². The highest BCUT2D eigenvalue weighted by molar-refractivity contribution is 6.27. The van der Waals surface area contributed by atoms with Crippen molar-refractivity contribution in [3.05, 3.63) is 64.2 Å². The number of Topliss-reactive ketones (excluding diaryl/α,β-unsaturated/α-hetero) is 2. The molecular weight excluding hydrogens is 509 g/mol. The molecule has 8 nitrogen and oxygen atoms in total. The molecule has 0 spiro atoms. The number of hydrogen-bond acceptors (Lipinski definition) is 7. The number of carbonyl (C=O) groups is 4. The average molecular weight is 525 g/mol. The lowest BCUT2D eigenvalue weighted by molar-refractivity contribution is -0.140. The van der Waals surface area contributed by atoms with E-state index >= 15 is 0 Å². The first-order valence-electron chi connectivity index (χ1n) is 10.4. The first kappa shape index (κ1) is 25.8. The summed E-state index contributed by atoms with van der Waals surface area (Å²) in [5, 5.41) is 11.8. The molecule has 1 aliphatic heterocycles. The number of alkyl halides is 2. The van der Waals surface area contributed by atoms with Crippen LogP contribution in [0.3, 0.4) is 0 Å². The predicted molar refractivity (Wildman–Crippen MR) is 113 cm³/mol. The van der Waals surface area contributed by atoms with Crippen LogP contribution in [0.5, 0.6) is 17.2 Å². The lowest BCUT2D eigenvalue weighted by atomic mass is 9.67. The number of phenolic OH excluding ortho intramolecular Hbond substituents is 1. The molecule has 1 unspecified atom stereocenters. The summed E-state index contributed by atoms with van der Waals surface area (Å²) in [6.07, 6.45) is 0.826. The highest BCUT2D eigenvalue weighted by atomic mass is 19.3. The Labute approximate surface area is 204 Å². The van der Waals surface area contributed by atoms with Crippen LogP contribution in [0.4, 0.5) is 22.0 Å². The van der Waals surface area contributed by atoms with Crippen molar-refractivity contribution in [1.29, 1.82) is 0 Å². The smallest absolute Gasteiger partial charge is 0.355 e. The van der Waals surface area contributed by atoms with Crippen LogP contribution in [0.25, 0.3) is 0 Å². The zero-order valence-corrected chi connectivity index (χ0v) is 19.2. The van der Waals surface area contributed by atoms with Gasteiger partial charge in [-0.25, -0.2) is 13.2 Å². The third kappa shape index (κ3) is 3.64. The molecular formula is C24H16F5NO7. The number of ketones is 3. The van der Waals surface area contributed by atoms with Crippen LogP contribution < -0.4 is 14.8 Å². The van der Waals surface area contributed by atoms with Gasteiger partial charge >= 0.3 is 6.05 Å². The Morgan fingerprint density at radius 3 is 2.41 bits per heavy atom. The number of allylic oxidation sites excluding steroid dienone is 2. The molecule has 1 aliphatic carbocycles. The van der Waals surface area contributed by atoms with Crippen LogP contribution in [0.2, 0.25) is 0 Å². The zero-order chi connectivity index (χ0) is 27.6. The van der Waals surface area contributed by atoms with Gasteiger partial charge < -0.3 is 14.6 Å². The Balaban J connectivity index is 1.86. The summed E-state index contributed by atoms with van der Waals surface area (Å²) in [6.45, 7) is 2.21. The molecule has 37 heavy (non-hydrogen) atoms. The molecule has 0 fully saturated rings. The number of hydrogen-bond donors (Lipinski definition) is 2. The molecule has 0 aromatic heterocycles. The van der Waals surface area contributed by atoms with Gasteiger partial charge in [0.15, 0.2) is 34.8 Å². The standard InChI is InChI=1S/C24H16F5NO7/c1-8(31)15-11(32)7-14-23(2,21(15)34)17-12(33)6-13(36-3)16(20(17)37-14)22(35)30-24(28,29)9-4-5-10(25)19(27)18(9)26/h4-7,15,33H,1-3H3,(H,30,35)/t15?,23-/m1/s1. The summed E-state index contributed by atoms with van der Waals surface area (Å²) in [5.74, 6) is -14.5. The number of amides is 1. The molecule has 4 rings (SSSR count). The average Bonchev–Trinajstić information content (AvgIpc) is 3.10. The van der Waals surface area contributed by atoms with E-state index in [9.17, 15) is 46.2 Å². The van der Waals surface area contributed by atoms with E-state index in [0.29, 0.717) is 0 Å². The second-order valence-electron chi connectivity index (χ2n) is 8.47. The zero-order valence-electron chi connectivity index (χ0n) is 19.2. The monoisotopic (exact) mass is 525 g/mol. The minimum Gasteiger partial charge on any atom is -0.507 e. The SMILES string of the molecule is COc1cc(O)c2c(c1C(=O)NC(F)(F)c1ccc(F)c(F)c1F)OC1=CC(=O)C(C(C)=O)C(=O)[C@]12C. The second-order valence-corrected chi connectivity index (χ2v) is 8.47. The number of methoxy groups -OCH3 is 1. The second kappa shape index (κ2) is 8.39. The fourth-order valence-corrected chi connectivity index (χ4v) is 4.39. The van der Waals surface area contributed by atoms with Gasteiger partial charge in [-0.15, -0.1) is 0 Å².